The standard InChI is InChI=1S/C24H36N3Si/c1-7-16-28(6)23-17-19(26(8-2)9-3)12-14-21(23)25-22-15-13-20(18-24(22)28)27(10-4)11-5/h12-15,17-18H,7-11,16H2,1-6H3/q+1. The summed E-state index contributed by atoms with van der Waals surface area (Å²) < 4.78 is 2.45. The van der Waals surface area contributed by atoms with Gasteiger partial charge >= 0.3 is 0 Å². The first-order valence-corrected chi connectivity index (χ1v) is 13.7. The third kappa shape index (κ3) is 3.55. The topological polar surface area (TPSA) is 18.6 Å². The lowest BCUT2D eigenvalue weighted by atomic mass is 10.1. The fraction of sp³-hybridized carbons (Fsp3) is 0.500. The number of fused-ring (bicyclic) bond motifs is 2. The minimum atomic E-state index is -1.83. The second-order valence-electron chi connectivity index (χ2n) is 7.94. The Morgan fingerprint density at radius 2 is 1.71 bits per heavy atom. The number of benzene rings is 1. The molecule has 1 aromatic rings. The first-order valence-electron chi connectivity index (χ1n) is 11.0. The number of hydrogen-bond donors (Lipinski definition) is 0. The fourth-order valence-electron chi connectivity index (χ4n) is 4.74. The van der Waals surface area contributed by atoms with Crippen molar-refractivity contribution in [1.29, 1.82) is 0 Å². The molecule has 1 aliphatic heterocycles. The smallest absolute Gasteiger partial charge is 0.199 e. The van der Waals surface area contributed by atoms with E-state index in [2.05, 4.69) is 87.1 Å². The van der Waals surface area contributed by atoms with Crippen LogP contribution in [0, 0.1) is 0 Å². The molecule has 0 saturated carbocycles. The highest BCUT2D eigenvalue weighted by molar-refractivity contribution is 7.02. The zero-order valence-electron chi connectivity index (χ0n) is 18.5. The second kappa shape index (κ2) is 8.60. The van der Waals surface area contributed by atoms with Crippen molar-refractivity contribution in [3.63, 3.8) is 0 Å². The lowest BCUT2D eigenvalue weighted by Crippen LogP contribution is -2.52. The molecular formula is C24H36N3Si+. The quantitative estimate of drug-likeness (QED) is 0.368. The summed E-state index contributed by atoms with van der Waals surface area (Å²) in [5, 5.41) is 3.03. The van der Waals surface area contributed by atoms with E-state index >= 15 is 0 Å². The van der Waals surface area contributed by atoms with Crippen LogP contribution in [0.25, 0.3) is 0 Å². The van der Waals surface area contributed by atoms with Crippen LogP contribution < -0.4 is 10.1 Å². The van der Waals surface area contributed by atoms with Gasteiger partial charge in [0.15, 0.2) is 5.71 Å². The van der Waals surface area contributed by atoms with E-state index in [1.807, 2.05) is 0 Å². The SMILES string of the molecule is CCC[Si]1(C)C2=CC(=[N+](CC)CC)C=CC2=Nc2ccc(N(CC)CC)cc21. The van der Waals surface area contributed by atoms with E-state index in [4.69, 9.17) is 4.99 Å². The van der Waals surface area contributed by atoms with Gasteiger partial charge in [0, 0.05) is 30.9 Å². The maximum absolute atomic E-state index is 5.09. The summed E-state index contributed by atoms with van der Waals surface area (Å²) in [4.78, 5) is 7.54. The molecule has 1 atom stereocenters. The lowest BCUT2D eigenvalue weighted by molar-refractivity contribution is -0.519. The van der Waals surface area contributed by atoms with Crippen molar-refractivity contribution in [1.82, 2.24) is 0 Å². The Bertz CT molecular complexity index is 853. The first kappa shape index (κ1) is 20.8. The van der Waals surface area contributed by atoms with E-state index in [1.165, 1.54) is 45.6 Å². The van der Waals surface area contributed by atoms with E-state index in [0.29, 0.717) is 0 Å². The van der Waals surface area contributed by atoms with Crippen LogP contribution in [-0.2, 0) is 0 Å². The van der Waals surface area contributed by atoms with Crippen molar-refractivity contribution in [3.8, 4) is 0 Å². The Hall–Kier alpha value is -1.94. The maximum Gasteiger partial charge on any atom is 0.199 e. The highest BCUT2D eigenvalue weighted by Gasteiger charge is 2.41. The van der Waals surface area contributed by atoms with Gasteiger partial charge in [-0.2, -0.15) is 0 Å². The summed E-state index contributed by atoms with van der Waals surface area (Å²) in [7, 11) is -1.83. The van der Waals surface area contributed by atoms with Gasteiger partial charge in [0.1, 0.15) is 21.2 Å². The molecule has 3 rings (SSSR count). The normalized spacial score (nSPS) is 20.3. The molecule has 0 bridgehead atoms. The summed E-state index contributed by atoms with van der Waals surface area (Å²) in [5.74, 6) is 0. The third-order valence-corrected chi connectivity index (χ3v) is 11.1. The van der Waals surface area contributed by atoms with Gasteiger partial charge in [0.2, 0.25) is 0 Å². The number of nitrogens with zero attached hydrogens (tertiary/aromatic N) is 3. The first-order chi connectivity index (χ1) is 13.5. The molecule has 0 aromatic heterocycles. The van der Waals surface area contributed by atoms with Gasteiger partial charge in [-0.1, -0.05) is 19.9 Å². The molecule has 2 aliphatic rings. The minimum Gasteiger partial charge on any atom is -0.372 e. The summed E-state index contributed by atoms with van der Waals surface area (Å²) in [5.41, 5.74) is 5.08. The van der Waals surface area contributed by atoms with Crippen molar-refractivity contribution in [2.24, 2.45) is 4.99 Å². The predicted octanol–water partition coefficient (Wildman–Crippen LogP) is 4.84. The predicted molar refractivity (Wildman–Crippen MR) is 127 cm³/mol. The van der Waals surface area contributed by atoms with Crippen molar-refractivity contribution < 1.29 is 4.58 Å². The summed E-state index contributed by atoms with van der Waals surface area (Å²) in [6, 6.07) is 8.24. The number of hydrogen-bond acceptors (Lipinski definition) is 2. The highest BCUT2D eigenvalue weighted by Crippen LogP contribution is 2.35. The minimum absolute atomic E-state index is 1.04. The van der Waals surface area contributed by atoms with Crippen LogP contribution in [0.5, 0.6) is 0 Å². The number of aliphatic imine (C=N–C) groups is 1. The van der Waals surface area contributed by atoms with Crippen LogP contribution in [0.4, 0.5) is 11.4 Å². The van der Waals surface area contributed by atoms with E-state index < -0.39 is 8.07 Å². The lowest BCUT2D eigenvalue weighted by Gasteiger charge is -2.37. The van der Waals surface area contributed by atoms with E-state index in [0.717, 1.165) is 26.2 Å². The zero-order chi connectivity index (χ0) is 20.3. The molecule has 0 saturated heterocycles. The highest BCUT2D eigenvalue weighted by atomic mass is 28.3. The van der Waals surface area contributed by atoms with Crippen molar-refractivity contribution in [2.45, 2.75) is 53.6 Å². The number of allylic oxidation sites excluding steroid dienone is 4. The van der Waals surface area contributed by atoms with E-state index in [1.54, 1.807) is 0 Å². The Balaban J connectivity index is 2.20. The molecule has 1 heterocycles. The van der Waals surface area contributed by atoms with Gasteiger partial charge in [-0.25, -0.2) is 9.57 Å². The van der Waals surface area contributed by atoms with Gasteiger partial charge in [0.05, 0.1) is 11.4 Å². The summed E-state index contributed by atoms with van der Waals surface area (Å²) in [6.07, 6.45) is 8.18. The van der Waals surface area contributed by atoms with Gasteiger partial charge in [0.25, 0.3) is 0 Å². The Morgan fingerprint density at radius 3 is 2.32 bits per heavy atom. The average molecular weight is 395 g/mol. The molecule has 28 heavy (non-hydrogen) atoms. The van der Waals surface area contributed by atoms with Crippen LogP contribution in [-0.4, -0.2) is 50.3 Å². The average Bonchev–Trinajstić information content (AvgIpc) is 2.71. The largest absolute Gasteiger partial charge is 0.372 e. The van der Waals surface area contributed by atoms with Crippen molar-refractivity contribution in [2.75, 3.05) is 31.1 Å². The Morgan fingerprint density at radius 1 is 1.00 bits per heavy atom. The van der Waals surface area contributed by atoms with E-state index in [-0.39, 0.29) is 0 Å². The molecule has 0 amide bonds. The van der Waals surface area contributed by atoms with Gasteiger partial charge < -0.3 is 4.90 Å². The molecular weight excluding hydrogens is 358 g/mol. The third-order valence-electron chi connectivity index (χ3n) is 6.40. The van der Waals surface area contributed by atoms with Crippen LogP contribution in [0.3, 0.4) is 0 Å². The summed E-state index contributed by atoms with van der Waals surface area (Å²) in [6.45, 7) is 18.0. The summed E-state index contributed by atoms with van der Waals surface area (Å²) >= 11 is 0. The number of rotatable bonds is 7. The van der Waals surface area contributed by atoms with E-state index in [9.17, 15) is 0 Å². The Kier molecular flexibility index (Phi) is 6.39. The van der Waals surface area contributed by atoms with Crippen molar-refractivity contribution >= 4 is 36.1 Å². The van der Waals surface area contributed by atoms with Gasteiger partial charge in [-0.05, 0) is 68.4 Å². The van der Waals surface area contributed by atoms with Gasteiger partial charge in [-0.3, -0.25) is 0 Å². The molecule has 150 valence electrons. The second-order valence-corrected chi connectivity index (χ2v) is 12.2. The number of anilines is 1. The molecule has 1 aromatic carbocycles. The molecule has 4 heteroatoms. The molecule has 1 aliphatic carbocycles. The molecule has 1 unspecified atom stereocenters. The molecule has 0 N–H and O–H groups in total. The maximum atomic E-state index is 5.09. The van der Waals surface area contributed by atoms with Crippen LogP contribution in [0.2, 0.25) is 12.6 Å². The zero-order valence-corrected chi connectivity index (χ0v) is 19.5. The van der Waals surface area contributed by atoms with Crippen LogP contribution >= 0.6 is 0 Å². The molecule has 3 nitrogen and oxygen atoms in total. The van der Waals surface area contributed by atoms with Crippen LogP contribution in [0.15, 0.2) is 46.6 Å². The van der Waals surface area contributed by atoms with Gasteiger partial charge in [-0.15, -0.1) is 0 Å². The molecule has 0 spiro atoms. The Labute approximate surface area is 172 Å². The molecule has 0 radical (unpaired) electrons. The monoisotopic (exact) mass is 394 g/mol. The van der Waals surface area contributed by atoms with Crippen molar-refractivity contribution in [3.05, 3.63) is 41.6 Å². The van der Waals surface area contributed by atoms with Crippen LogP contribution in [0.1, 0.15) is 41.0 Å². The fourth-order valence-corrected chi connectivity index (χ4v) is 8.91. The molecule has 0 fully saturated rings.